The van der Waals surface area contributed by atoms with Gasteiger partial charge >= 0.3 is 12.8 Å². The molecule has 2 heterocycles. The molecule has 6 nitrogen and oxygen atoms in total. The molecule has 0 bridgehead atoms. The van der Waals surface area contributed by atoms with Crippen LogP contribution in [-0.4, -0.2) is 32.5 Å². The zero-order chi connectivity index (χ0) is 25.3. The highest BCUT2D eigenvalue weighted by atomic mass is 33.5. The third-order valence-electron chi connectivity index (χ3n) is 5.73. The Bertz CT molecular complexity index is 1210. The molecule has 1 aliphatic carbocycles. The number of pyridine rings is 1. The third kappa shape index (κ3) is 6.15. The highest BCUT2D eigenvalue weighted by molar-refractivity contribution is 9.09. The van der Waals surface area contributed by atoms with Crippen molar-refractivity contribution in [3.8, 4) is 5.75 Å². The number of aromatic nitrogens is 3. The topological polar surface area (TPSA) is 69.0 Å². The van der Waals surface area contributed by atoms with E-state index < -0.39 is 39.0 Å². The highest BCUT2D eigenvalue weighted by Gasteiger charge is 2.33. The number of nitrogens with one attached hydrogen (secondary N) is 1. The van der Waals surface area contributed by atoms with E-state index in [4.69, 9.17) is 0 Å². The molecule has 1 N–H and O–H groups in total. The van der Waals surface area contributed by atoms with Crippen molar-refractivity contribution >= 4 is 54.8 Å². The number of benzene rings is 1. The molecule has 3 aromatic rings. The van der Waals surface area contributed by atoms with Crippen LogP contribution in [-0.2, 0) is 6.18 Å². The summed E-state index contributed by atoms with van der Waals surface area (Å²) in [6.07, 6.45) is 0.631. The fourth-order valence-corrected chi connectivity index (χ4v) is 6.15. The van der Waals surface area contributed by atoms with Gasteiger partial charge in [0.25, 0.3) is 5.91 Å². The molecule has 1 aromatic carbocycles. The van der Waals surface area contributed by atoms with E-state index in [-0.39, 0.29) is 17.5 Å². The number of fused-ring (bicyclic) bond motifs is 1. The molecular formula is C21H21F5N4O2S3. The number of alkyl halides is 5. The Kier molecular flexibility index (Phi) is 7.71. The Balaban J connectivity index is 1.61. The summed E-state index contributed by atoms with van der Waals surface area (Å²) in [4.78, 5) is 15.9. The first-order valence-electron chi connectivity index (χ1n) is 10.5. The predicted molar refractivity (Wildman–Crippen MR) is 132 cm³/mol. The van der Waals surface area contributed by atoms with Crippen molar-refractivity contribution < 1.29 is 31.5 Å². The number of rotatable bonds is 6. The van der Waals surface area contributed by atoms with E-state index in [1.165, 1.54) is 12.1 Å². The van der Waals surface area contributed by atoms with E-state index in [0.717, 1.165) is 43.9 Å². The van der Waals surface area contributed by atoms with Crippen molar-refractivity contribution in [3.63, 3.8) is 0 Å². The standard InChI is InChI=1S/C21H21F5N4O2S3/c22-20(23)32-17-9-15-11(10-30(29-15)12-4-6-13(7-5-12)35(33)34)8-16(17)28-19(31)14-2-1-3-18(27-14)21(24,25)26/h1-3,8-10,12-13,20,33-35H,4-7H2,(H,28,31)/t12-,13-. The number of carbonyl (C=O) groups excluding carboxylic acids is 1. The Morgan fingerprint density at radius 1 is 1.17 bits per heavy atom. The zero-order valence-corrected chi connectivity index (χ0v) is 20.6. The number of hydrogen-bond donors (Lipinski definition) is 4. The van der Waals surface area contributed by atoms with E-state index in [9.17, 15) is 26.7 Å². The first-order valence-corrected chi connectivity index (χ1v) is 14.2. The molecule has 0 aliphatic heterocycles. The van der Waals surface area contributed by atoms with Gasteiger partial charge in [0.15, 0.2) is 5.75 Å². The second-order valence-corrected chi connectivity index (χ2v) is 12.9. The maximum absolute atomic E-state index is 13.0. The quantitative estimate of drug-likeness (QED) is 0.161. The van der Waals surface area contributed by atoms with E-state index >= 15 is 0 Å². The van der Waals surface area contributed by atoms with Crippen LogP contribution >= 0.6 is 32.3 Å². The predicted octanol–water partition coefficient (Wildman–Crippen LogP) is 6.48. The number of hydrogen-bond acceptors (Lipinski definition) is 6. The van der Waals surface area contributed by atoms with Gasteiger partial charge in [-0.15, -0.1) is 23.3 Å². The molecule has 0 unspecified atom stereocenters. The van der Waals surface area contributed by atoms with Crippen molar-refractivity contribution in [3.05, 3.63) is 47.9 Å². The molecule has 1 saturated carbocycles. The van der Waals surface area contributed by atoms with Gasteiger partial charge in [-0.1, -0.05) is 6.07 Å². The molecule has 14 heteroatoms. The van der Waals surface area contributed by atoms with E-state index in [2.05, 4.69) is 43.5 Å². The fraction of sp³-hybridized carbons (Fsp3) is 0.381. The molecular weight excluding hydrogens is 531 g/mol. The highest BCUT2D eigenvalue weighted by Crippen LogP contribution is 2.48. The fourth-order valence-electron chi connectivity index (χ4n) is 4.01. The summed E-state index contributed by atoms with van der Waals surface area (Å²) < 4.78 is 71.2. The number of anilines is 1. The van der Waals surface area contributed by atoms with Gasteiger partial charge in [-0.25, -0.2) is 4.98 Å². The van der Waals surface area contributed by atoms with Crippen LogP contribution in [0.2, 0.25) is 0 Å². The monoisotopic (exact) mass is 552 g/mol. The maximum Gasteiger partial charge on any atom is 0.433 e. The average molecular weight is 553 g/mol. The number of ether oxygens (including phenoxy) is 1. The number of thiol groups is 3. The Hall–Kier alpha value is -2.19. The lowest BCUT2D eigenvalue weighted by atomic mass is 9.95. The van der Waals surface area contributed by atoms with Gasteiger partial charge in [0.05, 0.1) is 17.2 Å². The van der Waals surface area contributed by atoms with E-state index in [1.54, 1.807) is 10.9 Å². The summed E-state index contributed by atoms with van der Waals surface area (Å²) in [6.45, 7) is -3.19. The summed E-state index contributed by atoms with van der Waals surface area (Å²) in [5, 5.41) is 7.83. The second kappa shape index (κ2) is 10.4. The SMILES string of the molecule is O=C(Nc1cc2cn([C@H]3CC[C@H]([SH](S)S)CC3)nc2cc1OC(F)F)c1cccc(C(F)(F)F)n1. The van der Waals surface area contributed by atoms with Crippen molar-refractivity contribution in [2.24, 2.45) is 0 Å². The zero-order valence-electron chi connectivity index (χ0n) is 17.9. The van der Waals surface area contributed by atoms with Crippen LogP contribution in [0.25, 0.3) is 10.9 Å². The normalized spacial score (nSPS) is 19.1. The molecule has 1 aliphatic rings. The summed E-state index contributed by atoms with van der Waals surface area (Å²) in [5.41, 5.74) is -1.53. The molecule has 1 amide bonds. The minimum atomic E-state index is -4.74. The minimum absolute atomic E-state index is 0.113. The molecule has 0 atom stereocenters. The third-order valence-corrected chi connectivity index (χ3v) is 8.86. The summed E-state index contributed by atoms with van der Waals surface area (Å²) >= 11 is 8.92. The van der Waals surface area contributed by atoms with Crippen molar-refractivity contribution in [1.29, 1.82) is 0 Å². The average Bonchev–Trinajstić information content (AvgIpc) is 3.21. The smallest absolute Gasteiger partial charge is 0.433 e. The lowest BCUT2D eigenvalue weighted by Gasteiger charge is -2.31. The van der Waals surface area contributed by atoms with Crippen LogP contribution in [0.15, 0.2) is 36.5 Å². The number of amides is 1. The number of nitrogens with zero attached hydrogens (tertiary/aromatic N) is 3. The second-order valence-electron chi connectivity index (χ2n) is 8.04. The van der Waals surface area contributed by atoms with Gasteiger partial charge in [-0.05, 0) is 43.9 Å². The number of halogens is 5. The molecule has 1 fully saturated rings. The van der Waals surface area contributed by atoms with Crippen LogP contribution in [0.3, 0.4) is 0 Å². The van der Waals surface area contributed by atoms with Crippen LogP contribution in [0.1, 0.15) is 47.9 Å². The van der Waals surface area contributed by atoms with E-state index in [0.29, 0.717) is 16.2 Å². The van der Waals surface area contributed by atoms with E-state index in [1.807, 2.05) is 0 Å². The van der Waals surface area contributed by atoms with Gasteiger partial charge in [-0.3, -0.25) is 9.48 Å². The molecule has 0 saturated heterocycles. The largest absolute Gasteiger partial charge is 0.433 e. The van der Waals surface area contributed by atoms with Gasteiger partial charge in [0.2, 0.25) is 0 Å². The molecule has 35 heavy (non-hydrogen) atoms. The summed E-state index contributed by atoms with van der Waals surface area (Å²) in [7, 11) is -0.616. The lowest BCUT2D eigenvalue weighted by Crippen LogP contribution is -2.20. The Labute approximate surface area is 209 Å². The van der Waals surface area contributed by atoms with Crippen molar-refractivity contribution in [2.45, 2.75) is 49.8 Å². The molecule has 0 radical (unpaired) electrons. The van der Waals surface area contributed by atoms with Crippen molar-refractivity contribution in [2.75, 3.05) is 5.32 Å². The first kappa shape index (κ1) is 25.9. The summed E-state index contributed by atoms with van der Waals surface area (Å²) in [6, 6.07) is 5.63. The van der Waals surface area contributed by atoms with Gasteiger partial charge in [0, 0.05) is 22.9 Å². The van der Waals surface area contributed by atoms with Gasteiger partial charge < -0.3 is 10.1 Å². The van der Waals surface area contributed by atoms with Gasteiger partial charge in [-0.2, -0.15) is 36.0 Å². The first-order chi connectivity index (χ1) is 16.5. The Morgan fingerprint density at radius 2 is 1.89 bits per heavy atom. The number of carbonyl (C=O) groups is 1. The lowest BCUT2D eigenvalue weighted by molar-refractivity contribution is -0.141. The molecule has 4 rings (SSSR count). The minimum Gasteiger partial charge on any atom is -0.433 e. The van der Waals surface area contributed by atoms with Crippen molar-refractivity contribution in [1.82, 2.24) is 14.8 Å². The maximum atomic E-state index is 13.0. The van der Waals surface area contributed by atoms with Crippen LogP contribution in [0.5, 0.6) is 5.75 Å². The van der Waals surface area contributed by atoms with Crippen LogP contribution in [0.4, 0.5) is 27.6 Å². The summed E-state index contributed by atoms with van der Waals surface area (Å²) in [5.74, 6) is -1.37. The van der Waals surface area contributed by atoms with Crippen LogP contribution < -0.4 is 10.1 Å². The van der Waals surface area contributed by atoms with Crippen LogP contribution in [0, 0.1) is 0 Å². The molecule has 0 spiro atoms. The molecule has 2 aromatic heterocycles. The Morgan fingerprint density at radius 3 is 2.51 bits per heavy atom. The van der Waals surface area contributed by atoms with Gasteiger partial charge in [0.1, 0.15) is 11.4 Å². The molecule has 190 valence electrons.